The molecular formula is C15H23N3O3. The Hall–Kier alpha value is -2.08. The van der Waals surface area contributed by atoms with Gasteiger partial charge in [-0.25, -0.2) is 0 Å². The second-order valence-electron chi connectivity index (χ2n) is 5.24. The molecule has 0 aromatic heterocycles. The second kappa shape index (κ2) is 7.08. The van der Waals surface area contributed by atoms with Gasteiger partial charge in [-0.1, -0.05) is 13.8 Å². The van der Waals surface area contributed by atoms with Crippen molar-refractivity contribution in [1.29, 1.82) is 0 Å². The van der Waals surface area contributed by atoms with E-state index in [0.717, 1.165) is 5.69 Å². The van der Waals surface area contributed by atoms with E-state index < -0.39 is 17.9 Å². The number of rotatable bonds is 6. The zero-order chi connectivity index (χ0) is 16.2. The number of carbonyl (C=O) groups is 2. The summed E-state index contributed by atoms with van der Waals surface area (Å²) in [7, 11) is 3.69. The minimum absolute atomic E-state index is 0.243. The zero-order valence-corrected chi connectivity index (χ0v) is 12.9. The molecule has 1 aromatic rings. The number of nitrogens with two attached hydrogens (primary N) is 1. The van der Waals surface area contributed by atoms with Gasteiger partial charge >= 0.3 is 0 Å². The molecule has 0 saturated carbocycles. The number of hydrogen-bond acceptors (Lipinski definition) is 4. The first-order valence-electron chi connectivity index (χ1n) is 6.88. The van der Waals surface area contributed by atoms with Gasteiger partial charge in [-0.05, 0) is 24.6 Å². The molecule has 2 unspecified atom stereocenters. The second-order valence-corrected chi connectivity index (χ2v) is 5.24. The van der Waals surface area contributed by atoms with Crippen molar-refractivity contribution in [3.05, 3.63) is 23.8 Å². The summed E-state index contributed by atoms with van der Waals surface area (Å²) in [6.45, 7) is 3.44. The highest BCUT2D eigenvalue weighted by Crippen LogP contribution is 2.23. The van der Waals surface area contributed by atoms with E-state index in [1.165, 1.54) is 0 Å². The fraction of sp³-hybridized carbons (Fsp3) is 0.467. The van der Waals surface area contributed by atoms with E-state index in [1.807, 2.05) is 19.0 Å². The van der Waals surface area contributed by atoms with E-state index in [0.29, 0.717) is 12.1 Å². The van der Waals surface area contributed by atoms with Crippen molar-refractivity contribution in [2.75, 3.05) is 24.3 Å². The van der Waals surface area contributed by atoms with E-state index in [9.17, 15) is 14.7 Å². The number of aliphatic hydroxyl groups is 1. The third-order valence-electron chi connectivity index (χ3n) is 3.45. The molecule has 0 bridgehead atoms. The Balaban J connectivity index is 3.03. The third-order valence-corrected chi connectivity index (χ3v) is 3.45. The quantitative estimate of drug-likeness (QED) is 0.734. The molecule has 1 rings (SSSR count). The lowest BCUT2D eigenvalue weighted by molar-refractivity contribution is -0.122. The van der Waals surface area contributed by atoms with Crippen molar-refractivity contribution in [2.45, 2.75) is 26.4 Å². The Morgan fingerprint density at radius 2 is 2.00 bits per heavy atom. The van der Waals surface area contributed by atoms with Gasteiger partial charge in [0.1, 0.15) is 0 Å². The maximum Gasteiger partial charge on any atom is 0.250 e. The van der Waals surface area contributed by atoms with Gasteiger partial charge in [0.05, 0.1) is 23.3 Å². The van der Waals surface area contributed by atoms with E-state index in [1.54, 1.807) is 32.0 Å². The normalized spacial score (nSPS) is 13.4. The van der Waals surface area contributed by atoms with Crippen molar-refractivity contribution in [3.63, 3.8) is 0 Å². The summed E-state index contributed by atoms with van der Waals surface area (Å²) < 4.78 is 0. The van der Waals surface area contributed by atoms with E-state index >= 15 is 0 Å². The maximum atomic E-state index is 12.1. The van der Waals surface area contributed by atoms with Crippen LogP contribution in [-0.2, 0) is 4.79 Å². The van der Waals surface area contributed by atoms with Crippen molar-refractivity contribution in [1.82, 2.24) is 0 Å². The number of anilines is 2. The number of amides is 2. The van der Waals surface area contributed by atoms with Gasteiger partial charge in [-0.15, -0.1) is 0 Å². The van der Waals surface area contributed by atoms with Crippen LogP contribution in [0.15, 0.2) is 18.2 Å². The highest BCUT2D eigenvalue weighted by Gasteiger charge is 2.22. The highest BCUT2D eigenvalue weighted by atomic mass is 16.3. The highest BCUT2D eigenvalue weighted by molar-refractivity contribution is 6.04. The third kappa shape index (κ3) is 4.19. The fourth-order valence-corrected chi connectivity index (χ4v) is 1.90. The topological polar surface area (TPSA) is 95.7 Å². The van der Waals surface area contributed by atoms with Crippen LogP contribution in [0.5, 0.6) is 0 Å². The summed E-state index contributed by atoms with van der Waals surface area (Å²) in [5.41, 5.74) is 6.77. The minimum Gasteiger partial charge on any atom is -0.392 e. The predicted molar refractivity (Wildman–Crippen MR) is 83.4 cm³/mol. The van der Waals surface area contributed by atoms with E-state index in [2.05, 4.69) is 5.32 Å². The lowest BCUT2D eigenvalue weighted by Gasteiger charge is -2.19. The van der Waals surface area contributed by atoms with Crippen LogP contribution in [-0.4, -0.2) is 37.1 Å². The van der Waals surface area contributed by atoms with Crippen LogP contribution in [0.4, 0.5) is 11.4 Å². The standard InChI is InChI=1S/C15H23N3O3/c1-5-13(19)9(2)15(21)17-12-7-6-10(18(3)4)8-11(12)14(16)20/h6-9,13,19H,5H2,1-4H3,(H2,16,20)(H,17,21). The zero-order valence-electron chi connectivity index (χ0n) is 12.9. The van der Waals surface area contributed by atoms with Crippen molar-refractivity contribution >= 4 is 23.2 Å². The Kier molecular flexibility index (Phi) is 5.72. The number of hydrogen-bond donors (Lipinski definition) is 3. The molecule has 6 heteroatoms. The molecule has 0 fully saturated rings. The van der Waals surface area contributed by atoms with Gasteiger partial charge in [0, 0.05) is 19.8 Å². The van der Waals surface area contributed by atoms with Crippen LogP contribution in [0.3, 0.4) is 0 Å². The van der Waals surface area contributed by atoms with Crippen molar-refractivity contribution < 1.29 is 14.7 Å². The largest absolute Gasteiger partial charge is 0.392 e. The van der Waals surface area contributed by atoms with Crippen LogP contribution in [0.2, 0.25) is 0 Å². The van der Waals surface area contributed by atoms with Crippen molar-refractivity contribution in [3.8, 4) is 0 Å². The molecule has 0 spiro atoms. The van der Waals surface area contributed by atoms with Gasteiger partial charge in [-0.2, -0.15) is 0 Å². The summed E-state index contributed by atoms with van der Waals surface area (Å²) in [6, 6.07) is 5.04. The molecule has 0 heterocycles. The molecule has 4 N–H and O–H groups in total. The van der Waals surface area contributed by atoms with E-state index in [4.69, 9.17) is 5.73 Å². The van der Waals surface area contributed by atoms with Crippen LogP contribution < -0.4 is 16.0 Å². The van der Waals surface area contributed by atoms with Crippen molar-refractivity contribution in [2.24, 2.45) is 11.7 Å². The number of benzene rings is 1. The monoisotopic (exact) mass is 293 g/mol. The SMILES string of the molecule is CCC(O)C(C)C(=O)Nc1ccc(N(C)C)cc1C(N)=O. The van der Waals surface area contributed by atoms with Crippen LogP contribution in [0, 0.1) is 5.92 Å². The van der Waals surface area contributed by atoms with Gasteiger partial charge in [0.15, 0.2) is 0 Å². The molecule has 21 heavy (non-hydrogen) atoms. The lowest BCUT2D eigenvalue weighted by Crippen LogP contribution is -2.31. The molecule has 0 aliphatic heterocycles. The average molecular weight is 293 g/mol. The first kappa shape index (κ1) is 17.0. The number of aliphatic hydroxyl groups excluding tert-OH is 1. The van der Waals surface area contributed by atoms with Gasteiger partial charge in [0.25, 0.3) is 5.91 Å². The van der Waals surface area contributed by atoms with E-state index in [-0.39, 0.29) is 11.5 Å². The van der Waals surface area contributed by atoms with Crippen LogP contribution >= 0.6 is 0 Å². The number of carbonyl (C=O) groups excluding carboxylic acids is 2. The molecule has 1 aromatic carbocycles. The van der Waals surface area contributed by atoms with Gasteiger partial charge in [0.2, 0.25) is 5.91 Å². The molecule has 0 aliphatic rings. The molecule has 0 radical (unpaired) electrons. The summed E-state index contributed by atoms with van der Waals surface area (Å²) in [6.07, 6.45) is -0.236. The number of nitrogens with zero attached hydrogens (tertiary/aromatic N) is 1. The first-order chi connectivity index (χ1) is 9.77. The summed E-state index contributed by atoms with van der Waals surface area (Å²) in [4.78, 5) is 25.4. The van der Waals surface area contributed by atoms with Gasteiger partial charge in [-0.3, -0.25) is 9.59 Å². The Morgan fingerprint density at radius 1 is 1.38 bits per heavy atom. The number of nitrogens with one attached hydrogen (secondary N) is 1. The smallest absolute Gasteiger partial charge is 0.250 e. The summed E-state index contributed by atoms with van der Waals surface area (Å²) >= 11 is 0. The summed E-state index contributed by atoms with van der Waals surface area (Å²) in [5.74, 6) is -1.52. The van der Waals surface area contributed by atoms with Crippen LogP contribution in [0.1, 0.15) is 30.6 Å². The maximum absolute atomic E-state index is 12.1. The number of primary amides is 1. The molecule has 2 atom stereocenters. The molecule has 0 aliphatic carbocycles. The molecular weight excluding hydrogens is 270 g/mol. The first-order valence-corrected chi connectivity index (χ1v) is 6.88. The van der Waals surface area contributed by atoms with Gasteiger partial charge < -0.3 is 21.1 Å². The average Bonchev–Trinajstić information content (AvgIpc) is 2.45. The Bertz CT molecular complexity index is 529. The Morgan fingerprint density at radius 3 is 2.48 bits per heavy atom. The minimum atomic E-state index is -0.719. The molecule has 2 amide bonds. The molecule has 6 nitrogen and oxygen atoms in total. The lowest BCUT2D eigenvalue weighted by atomic mass is 10.0. The summed E-state index contributed by atoms with van der Waals surface area (Å²) in [5, 5.41) is 12.4. The molecule has 0 saturated heterocycles. The predicted octanol–water partition coefficient (Wildman–Crippen LogP) is 1.20. The van der Waals surface area contributed by atoms with Crippen LogP contribution in [0.25, 0.3) is 0 Å². The Labute approximate surface area is 124 Å². The fourth-order valence-electron chi connectivity index (χ4n) is 1.90. The molecule has 116 valence electrons.